The van der Waals surface area contributed by atoms with Gasteiger partial charge in [-0.05, 0) is 33.1 Å². The Labute approximate surface area is 142 Å². The van der Waals surface area contributed by atoms with Crippen LogP contribution < -0.4 is 0 Å². The number of alkyl halides is 1. The number of hydrogen-bond donors (Lipinski definition) is 0. The van der Waals surface area contributed by atoms with Gasteiger partial charge in [0.25, 0.3) is 5.25 Å². The van der Waals surface area contributed by atoms with E-state index in [-0.39, 0.29) is 5.92 Å². The molecule has 0 aliphatic heterocycles. The Bertz CT molecular complexity index is 285. The van der Waals surface area contributed by atoms with Gasteiger partial charge in [0.15, 0.2) is 0 Å². The van der Waals surface area contributed by atoms with Crippen LogP contribution in [0.1, 0.15) is 85.0 Å². The standard InChI is InChI=1S/C18H34ClNO2/c1-4-7-8-9-10-11-14-17(15-12-13-16-20)18(19,21-5-2)22-6-3/h17H,4-15H2,1-3H3. The van der Waals surface area contributed by atoms with Crippen LogP contribution in [0.2, 0.25) is 0 Å². The van der Waals surface area contributed by atoms with Gasteiger partial charge in [0, 0.05) is 25.6 Å². The highest BCUT2D eigenvalue weighted by molar-refractivity contribution is 6.22. The molecule has 0 rings (SSSR count). The zero-order chi connectivity index (χ0) is 16.7. The number of halogens is 1. The van der Waals surface area contributed by atoms with Gasteiger partial charge in [-0.3, -0.25) is 0 Å². The number of hydrogen-bond acceptors (Lipinski definition) is 3. The molecule has 22 heavy (non-hydrogen) atoms. The van der Waals surface area contributed by atoms with E-state index >= 15 is 0 Å². The predicted octanol–water partition coefficient (Wildman–Crippen LogP) is 6.01. The summed E-state index contributed by atoms with van der Waals surface area (Å²) in [7, 11) is 0. The van der Waals surface area contributed by atoms with Crippen molar-refractivity contribution in [2.45, 2.75) is 90.2 Å². The third kappa shape index (κ3) is 9.66. The van der Waals surface area contributed by atoms with Crippen molar-refractivity contribution < 1.29 is 9.47 Å². The second-order valence-electron chi connectivity index (χ2n) is 5.75. The average Bonchev–Trinajstić information content (AvgIpc) is 2.49. The molecular weight excluding hydrogens is 298 g/mol. The molecule has 1 atom stereocenters. The van der Waals surface area contributed by atoms with Crippen molar-refractivity contribution in [3.8, 4) is 6.07 Å². The number of unbranched alkanes of at least 4 members (excludes halogenated alkanes) is 6. The molecule has 0 N–H and O–H groups in total. The number of nitriles is 1. The van der Waals surface area contributed by atoms with E-state index in [9.17, 15) is 0 Å². The van der Waals surface area contributed by atoms with Crippen LogP contribution in [-0.4, -0.2) is 18.5 Å². The third-order valence-electron chi connectivity index (χ3n) is 3.92. The van der Waals surface area contributed by atoms with Gasteiger partial charge in [-0.2, -0.15) is 5.26 Å². The molecule has 0 radical (unpaired) electrons. The minimum absolute atomic E-state index is 0.147. The first-order valence-electron chi connectivity index (χ1n) is 8.98. The first-order valence-corrected chi connectivity index (χ1v) is 9.36. The molecule has 0 amide bonds. The lowest BCUT2D eigenvalue weighted by Gasteiger charge is -2.34. The zero-order valence-electron chi connectivity index (χ0n) is 14.7. The van der Waals surface area contributed by atoms with E-state index in [2.05, 4.69) is 13.0 Å². The second-order valence-corrected chi connectivity index (χ2v) is 6.28. The molecule has 0 bridgehead atoms. The Hall–Kier alpha value is -0.300. The molecular formula is C18H34ClNO2. The van der Waals surface area contributed by atoms with Crippen LogP contribution in [-0.2, 0) is 9.47 Å². The smallest absolute Gasteiger partial charge is 0.251 e. The molecule has 0 spiro atoms. The van der Waals surface area contributed by atoms with Crippen molar-refractivity contribution in [3.05, 3.63) is 0 Å². The fourth-order valence-corrected chi connectivity index (χ4v) is 3.20. The van der Waals surface area contributed by atoms with Gasteiger partial charge < -0.3 is 9.47 Å². The van der Waals surface area contributed by atoms with Crippen molar-refractivity contribution >= 4 is 11.6 Å². The summed E-state index contributed by atoms with van der Waals surface area (Å²) in [4.78, 5) is 0. The van der Waals surface area contributed by atoms with Gasteiger partial charge in [0.1, 0.15) is 0 Å². The van der Waals surface area contributed by atoms with Crippen LogP contribution in [0.25, 0.3) is 0 Å². The van der Waals surface area contributed by atoms with Crippen molar-refractivity contribution in [2.75, 3.05) is 13.2 Å². The number of rotatable bonds is 15. The van der Waals surface area contributed by atoms with Gasteiger partial charge in [0.2, 0.25) is 0 Å². The Kier molecular flexibility index (Phi) is 14.1. The largest absolute Gasteiger partial charge is 0.337 e. The summed E-state index contributed by atoms with van der Waals surface area (Å²) in [5.74, 6) is 0.147. The van der Waals surface area contributed by atoms with Crippen LogP contribution in [0.15, 0.2) is 0 Å². The van der Waals surface area contributed by atoms with Crippen molar-refractivity contribution in [3.63, 3.8) is 0 Å². The maximum atomic E-state index is 8.74. The Morgan fingerprint density at radius 1 is 0.909 bits per heavy atom. The fraction of sp³-hybridized carbons (Fsp3) is 0.944. The van der Waals surface area contributed by atoms with Gasteiger partial charge >= 0.3 is 0 Å². The lowest BCUT2D eigenvalue weighted by atomic mass is 9.94. The summed E-state index contributed by atoms with van der Waals surface area (Å²) >= 11 is 6.62. The lowest BCUT2D eigenvalue weighted by molar-refractivity contribution is -0.206. The minimum atomic E-state index is -1.03. The van der Waals surface area contributed by atoms with E-state index in [4.69, 9.17) is 26.3 Å². The van der Waals surface area contributed by atoms with Crippen LogP contribution in [0, 0.1) is 17.2 Å². The first kappa shape index (κ1) is 21.7. The van der Waals surface area contributed by atoms with E-state index < -0.39 is 5.25 Å². The highest BCUT2D eigenvalue weighted by atomic mass is 35.5. The average molecular weight is 332 g/mol. The maximum absolute atomic E-state index is 8.74. The molecule has 0 saturated heterocycles. The highest BCUT2D eigenvalue weighted by Crippen LogP contribution is 2.36. The van der Waals surface area contributed by atoms with Crippen LogP contribution in [0.4, 0.5) is 0 Å². The molecule has 3 nitrogen and oxygen atoms in total. The van der Waals surface area contributed by atoms with Gasteiger partial charge in [-0.25, -0.2) is 0 Å². The Morgan fingerprint density at radius 3 is 2.00 bits per heavy atom. The first-order chi connectivity index (χ1) is 10.6. The van der Waals surface area contributed by atoms with Crippen LogP contribution in [0.3, 0.4) is 0 Å². The summed E-state index contributed by atoms with van der Waals surface area (Å²) in [5, 5.41) is 7.71. The Morgan fingerprint density at radius 2 is 1.45 bits per heavy atom. The van der Waals surface area contributed by atoms with Crippen molar-refractivity contribution in [1.29, 1.82) is 5.26 Å². The summed E-state index contributed by atoms with van der Waals surface area (Å²) in [6.45, 7) is 7.18. The van der Waals surface area contributed by atoms with E-state index in [0.717, 1.165) is 25.7 Å². The summed E-state index contributed by atoms with van der Waals surface area (Å²) < 4.78 is 11.4. The number of nitrogens with zero attached hydrogens (tertiary/aromatic N) is 1. The predicted molar refractivity (Wildman–Crippen MR) is 92.8 cm³/mol. The molecule has 130 valence electrons. The minimum Gasteiger partial charge on any atom is -0.337 e. The van der Waals surface area contributed by atoms with E-state index in [1.165, 1.54) is 32.1 Å². The van der Waals surface area contributed by atoms with E-state index in [0.29, 0.717) is 19.6 Å². The monoisotopic (exact) mass is 331 g/mol. The Balaban J connectivity index is 4.41. The van der Waals surface area contributed by atoms with E-state index in [1.54, 1.807) is 0 Å². The molecule has 0 aliphatic carbocycles. The SMILES string of the molecule is CCCCCCCCC(CCCC#N)C(Cl)(OCC)OCC. The molecule has 1 unspecified atom stereocenters. The summed E-state index contributed by atoms with van der Waals surface area (Å²) in [6, 6.07) is 2.20. The second kappa shape index (κ2) is 14.3. The maximum Gasteiger partial charge on any atom is 0.251 e. The van der Waals surface area contributed by atoms with Crippen molar-refractivity contribution in [1.82, 2.24) is 0 Å². The van der Waals surface area contributed by atoms with Crippen LogP contribution in [0.5, 0.6) is 0 Å². The summed E-state index contributed by atoms with van der Waals surface area (Å²) in [6.07, 6.45) is 10.9. The van der Waals surface area contributed by atoms with Gasteiger partial charge in [-0.15, -0.1) is 0 Å². The molecule has 0 aliphatic rings. The molecule has 0 aromatic heterocycles. The van der Waals surface area contributed by atoms with Gasteiger partial charge in [-0.1, -0.05) is 57.0 Å². The zero-order valence-corrected chi connectivity index (χ0v) is 15.5. The molecule has 0 aromatic rings. The van der Waals surface area contributed by atoms with Crippen molar-refractivity contribution in [2.24, 2.45) is 5.92 Å². The third-order valence-corrected chi connectivity index (χ3v) is 4.44. The lowest BCUT2D eigenvalue weighted by Crippen LogP contribution is -2.38. The molecule has 0 fully saturated rings. The van der Waals surface area contributed by atoms with E-state index in [1.807, 2.05) is 13.8 Å². The normalized spacial score (nSPS) is 13.0. The fourth-order valence-electron chi connectivity index (χ4n) is 2.76. The van der Waals surface area contributed by atoms with Gasteiger partial charge in [0.05, 0.1) is 6.07 Å². The molecule has 0 saturated carbocycles. The highest BCUT2D eigenvalue weighted by Gasteiger charge is 2.37. The number of ether oxygens (including phenoxy) is 2. The molecule has 0 heterocycles. The topological polar surface area (TPSA) is 42.2 Å². The van der Waals surface area contributed by atoms with Crippen LogP contribution >= 0.6 is 11.6 Å². The summed E-state index contributed by atoms with van der Waals surface area (Å²) in [5.41, 5.74) is 0. The quantitative estimate of drug-likeness (QED) is 0.209. The molecule has 0 aromatic carbocycles. The molecule has 4 heteroatoms.